The molecule has 3 aromatic rings. The van der Waals surface area contributed by atoms with Crippen molar-refractivity contribution < 1.29 is 9.90 Å². The Kier molecular flexibility index (Phi) is 7.82. The number of nitrogens with zero attached hydrogens (tertiary/aromatic N) is 2. The third-order valence-electron chi connectivity index (χ3n) is 4.78. The van der Waals surface area contributed by atoms with Gasteiger partial charge in [0.05, 0.1) is 0 Å². The third kappa shape index (κ3) is 6.05. The molecule has 0 aliphatic carbocycles. The van der Waals surface area contributed by atoms with Crippen LogP contribution in [-0.2, 0) is 11.3 Å². The summed E-state index contributed by atoms with van der Waals surface area (Å²) >= 11 is 1.59. The van der Waals surface area contributed by atoms with Gasteiger partial charge in [0.1, 0.15) is 6.10 Å². The number of hydrogen-bond acceptors (Lipinski definition) is 4. The summed E-state index contributed by atoms with van der Waals surface area (Å²) in [5.74, 6) is 0.626. The molecule has 0 fully saturated rings. The Hall–Kier alpha value is -2.90. The number of aliphatic hydroxyl groups excluding tert-OH is 1. The van der Waals surface area contributed by atoms with Crippen LogP contribution in [0.4, 0.5) is 0 Å². The van der Waals surface area contributed by atoms with Gasteiger partial charge >= 0.3 is 0 Å². The van der Waals surface area contributed by atoms with Gasteiger partial charge in [-0.2, -0.15) is 0 Å². The molecular formula is C23H28N4O2S. The van der Waals surface area contributed by atoms with Crippen LogP contribution in [-0.4, -0.2) is 49.1 Å². The molecule has 158 valence electrons. The van der Waals surface area contributed by atoms with Crippen molar-refractivity contribution in [2.24, 2.45) is 4.99 Å². The van der Waals surface area contributed by atoms with Gasteiger partial charge in [-0.1, -0.05) is 48.5 Å². The lowest BCUT2D eigenvalue weighted by Gasteiger charge is -2.18. The van der Waals surface area contributed by atoms with Crippen LogP contribution in [0.2, 0.25) is 0 Å². The quantitative estimate of drug-likeness (QED) is 0.384. The third-order valence-corrected chi connectivity index (χ3v) is 6.00. The van der Waals surface area contributed by atoms with Gasteiger partial charge in [-0.05, 0) is 23.1 Å². The van der Waals surface area contributed by atoms with Crippen molar-refractivity contribution in [2.45, 2.75) is 19.1 Å². The number of thiophene rings is 1. The molecule has 0 bridgehead atoms. The normalized spacial score (nSPS) is 12.6. The molecule has 6 nitrogen and oxygen atoms in total. The van der Waals surface area contributed by atoms with Crippen LogP contribution in [0.15, 0.2) is 65.7 Å². The fraction of sp³-hybridized carbons (Fsp3) is 0.304. The molecule has 3 rings (SSSR count). The molecule has 1 heterocycles. The predicted octanol–water partition coefficient (Wildman–Crippen LogP) is 3.15. The Morgan fingerprint density at radius 3 is 2.60 bits per heavy atom. The zero-order valence-corrected chi connectivity index (χ0v) is 18.2. The molecule has 1 amide bonds. The monoisotopic (exact) mass is 424 g/mol. The molecule has 1 unspecified atom stereocenters. The second-order valence-electron chi connectivity index (χ2n) is 7.07. The summed E-state index contributed by atoms with van der Waals surface area (Å²) < 4.78 is 1.16. The number of rotatable bonds is 8. The maximum Gasteiger partial charge on any atom is 0.224 e. The highest BCUT2D eigenvalue weighted by atomic mass is 32.1. The number of carbonyl (C=O) groups is 1. The molecule has 1 atom stereocenters. The average molecular weight is 425 g/mol. The van der Waals surface area contributed by atoms with E-state index in [4.69, 9.17) is 0 Å². The summed E-state index contributed by atoms with van der Waals surface area (Å²) in [4.78, 5) is 19.1. The predicted molar refractivity (Wildman–Crippen MR) is 124 cm³/mol. The first-order valence-corrected chi connectivity index (χ1v) is 10.8. The Morgan fingerprint density at radius 1 is 1.13 bits per heavy atom. The maximum atomic E-state index is 12.3. The van der Waals surface area contributed by atoms with E-state index in [0.29, 0.717) is 32.0 Å². The number of aliphatic imine (C=N–C) groups is 1. The fourth-order valence-corrected chi connectivity index (χ4v) is 4.16. The lowest BCUT2D eigenvalue weighted by atomic mass is 10.2. The number of carbonyl (C=O) groups excluding carboxylic acids is 1. The minimum atomic E-state index is -0.625. The number of guanidine groups is 1. The number of amides is 1. The number of nitrogens with one attached hydrogen (secondary N) is 2. The van der Waals surface area contributed by atoms with E-state index >= 15 is 0 Å². The molecule has 0 radical (unpaired) electrons. The summed E-state index contributed by atoms with van der Waals surface area (Å²) in [6.07, 6.45) is -0.261. The molecule has 0 saturated heterocycles. The molecule has 0 saturated carbocycles. The molecule has 0 aliphatic heterocycles. The van der Waals surface area contributed by atoms with Crippen LogP contribution >= 0.6 is 11.3 Å². The zero-order valence-electron chi connectivity index (χ0n) is 17.3. The van der Waals surface area contributed by atoms with Crippen molar-refractivity contribution in [3.63, 3.8) is 0 Å². The second kappa shape index (κ2) is 10.8. The van der Waals surface area contributed by atoms with E-state index in [2.05, 4.69) is 21.7 Å². The lowest BCUT2D eigenvalue weighted by Crippen LogP contribution is -2.41. The minimum Gasteiger partial charge on any atom is -0.386 e. The number of hydrogen-bond donors (Lipinski definition) is 3. The number of fused-ring (bicyclic) bond motifs is 1. The highest BCUT2D eigenvalue weighted by Gasteiger charge is 2.13. The van der Waals surface area contributed by atoms with E-state index in [9.17, 15) is 9.90 Å². The van der Waals surface area contributed by atoms with Gasteiger partial charge in [-0.15, -0.1) is 11.3 Å². The van der Waals surface area contributed by atoms with Crippen molar-refractivity contribution in [2.75, 3.05) is 27.2 Å². The summed E-state index contributed by atoms with van der Waals surface area (Å²) in [7, 11) is 3.48. The van der Waals surface area contributed by atoms with Crippen LogP contribution < -0.4 is 10.6 Å². The topological polar surface area (TPSA) is 77.0 Å². The highest BCUT2D eigenvalue weighted by molar-refractivity contribution is 7.19. The lowest BCUT2D eigenvalue weighted by molar-refractivity contribution is -0.130. The van der Waals surface area contributed by atoms with Crippen LogP contribution in [0, 0.1) is 0 Å². The molecular weight excluding hydrogens is 396 g/mol. The smallest absolute Gasteiger partial charge is 0.224 e. The standard InChI is InChI=1S/C23H28N4O2S/c1-24-23(25-13-12-22(29)27(2)16-17-8-4-3-5-9-17)26-15-19(28)21-14-18-10-6-7-11-20(18)30-21/h3-11,14,19,28H,12-13,15-16H2,1-2H3,(H2,24,25,26). The van der Waals surface area contributed by atoms with E-state index in [1.54, 1.807) is 23.3 Å². The molecule has 2 aromatic carbocycles. The summed E-state index contributed by atoms with van der Waals surface area (Å²) in [6.45, 7) is 1.40. The van der Waals surface area contributed by atoms with Crippen LogP contribution in [0.3, 0.4) is 0 Å². The van der Waals surface area contributed by atoms with E-state index in [0.717, 1.165) is 20.5 Å². The van der Waals surface area contributed by atoms with Crippen molar-refractivity contribution in [1.29, 1.82) is 0 Å². The number of aliphatic hydroxyl groups is 1. The first kappa shape index (κ1) is 21.8. The minimum absolute atomic E-state index is 0.0621. The molecule has 0 spiro atoms. The summed E-state index contributed by atoms with van der Waals surface area (Å²) in [5.41, 5.74) is 1.11. The summed E-state index contributed by atoms with van der Waals surface area (Å²) in [5, 5.41) is 17.9. The van der Waals surface area contributed by atoms with Crippen LogP contribution in [0.1, 0.15) is 23.0 Å². The first-order chi connectivity index (χ1) is 14.6. The van der Waals surface area contributed by atoms with Crippen molar-refractivity contribution >= 4 is 33.3 Å². The zero-order chi connectivity index (χ0) is 21.3. The summed E-state index contributed by atoms with van der Waals surface area (Å²) in [6, 6.07) is 20.0. The number of benzene rings is 2. The van der Waals surface area contributed by atoms with Gasteiger partial charge in [-0.25, -0.2) is 0 Å². The Balaban J connectivity index is 1.41. The first-order valence-electron chi connectivity index (χ1n) is 9.95. The van der Waals surface area contributed by atoms with Crippen LogP contribution in [0.5, 0.6) is 0 Å². The van der Waals surface area contributed by atoms with E-state index in [1.807, 2.05) is 61.6 Å². The van der Waals surface area contributed by atoms with E-state index in [-0.39, 0.29) is 5.91 Å². The van der Waals surface area contributed by atoms with Crippen LogP contribution in [0.25, 0.3) is 10.1 Å². The molecule has 30 heavy (non-hydrogen) atoms. The van der Waals surface area contributed by atoms with Crippen molar-refractivity contribution in [3.05, 3.63) is 71.1 Å². The molecule has 3 N–H and O–H groups in total. The SMILES string of the molecule is CN=C(NCCC(=O)N(C)Cc1ccccc1)NCC(O)c1cc2ccccc2s1. The molecule has 1 aromatic heterocycles. The van der Waals surface area contributed by atoms with Crippen molar-refractivity contribution in [3.8, 4) is 0 Å². The Bertz CT molecular complexity index is 954. The van der Waals surface area contributed by atoms with E-state index in [1.165, 1.54) is 0 Å². The second-order valence-corrected chi connectivity index (χ2v) is 8.18. The molecule has 0 aliphatic rings. The van der Waals surface area contributed by atoms with Gasteiger partial charge in [0.15, 0.2) is 5.96 Å². The largest absolute Gasteiger partial charge is 0.386 e. The van der Waals surface area contributed by atoms with Gasteiger partial charge in [0.2, 0.25) is 5.91 Å². The molecule has 7 heteroatoms. The average Bonchev–Trinajstić information content (AvgIpc) is 3.21. The van der Waals surface area contributed by atoms with Gasteiger partial charge in [0, 0.05) is 49.7 Å². The van der Waals surface area contributed by atoms with E-state index < -0.39 is 6.10 Å². The van der Waals surface area contributed by atoms with Gasteiger partial charge in [-0.3, -0.25) is 9.79 Å². The van der Waals surface area contributed by atoms with Crippen molar-refractivity contribution in [1.82, 2.24) is 15.5 Å². The van der Waals surface area contributed by atoms with Gasteiger partial charge in [0.25, 0.3) is 0 Å². The highest BCUT2D eigenvalue weighted by Crippen LogP contribution is 2.29. The Morgan fingerprint density at radius 2 is 1.87 bits per heavy atom. The van der Waals surface area contributed by atoms with Gasteiger partial charge < -0.3 is 20.6 Å². The Labute approximate surface area is 181 Å². The fourth-order valence-electron chi connectivity index (χ4n) is 3.11. The maximum absolute atomic E-state index is 12.3.